The molecule has 5 nitrogen and oxygen atoms in total. The van der Waals surface area contributed by atoms with Crippen molar-refractivity contribution in [1.29, 1.82) is 0 Å². The van der Waals surface area contributed by atoms with Gasteiger partial charge in [-0.15, -0.1) is 0 Å². The van der Waals surface area contributed by atoms with Crippen molar-refractivity contribution in [2.24, 2.45) is 0 Å². The third-order valence-electron chi connectivity index (χ3n) is 5.67. The van der Waals surface area contributed by atoms with E-state index in [-0.39, 0.29) is 11.8 Å². The van der Waals surface area contributed by atoms with Crippen LogP contribution in [0.25, 0.3) is 0 Å². The molecule has 2 aromatic carbocycles. The third kappa shape index (κ3) is 5.73. The minimum atomic E-state index is 0.00594. The maximum absolute atomic E-state index is 13.7. The van der Waals surface area contributed by atoms with E-state index in [1.165, 1.54) is 5.56 Å². The van der Waals surface area contributed by atoms with Crippen molar-refractivity contribution in [2.45, 2.75) is 59.3 Å². The van der Waals surface area contributed by atoms with Crippen molar-refractivity contribution in [1.82, 2.24) is 4.90 Å². The second-order valence-corrected chi connectivity index (χ2v) is 8.28. The number of nitrogens with one attached hydrogen (secondary N) is 1. The van der Waals surface area contributed by atoms with Crippen LogP contribution in [0.1, 0.15) is 57.6 Å². The number of anilines is 3. The number of para-hydroxylation sites is 1. The van der Waals surface area contributed by atoms with Crippen molar-refractivity contribution >= 4 is 28.9 Å². The van der Waals surface area contributed by atoms with Crippen molar-refractivity contribution in [3.05, 3.63) is 53.6 Å². The molecule has 0 radical (unpaired) electrons. The van der Waals surface area contributed by atoms with E-state index in [4.69, 9.17) is 0 Å². The Kier molecular flexibility index (Phi) is 8.24. The van der Waals surface area contributed by atoms with Gasteiger partial charge >= 0.3 is 0 Å². The predicted octanol–water partition coefficient (Wildman–Crippen LogP) is 5.31. The minimum absolute atomic E-state index is 0.00594. The topological polar surface area (TPSA) is 52.7 Å². The minimum Gasteiger partial charge on any atom is -0.326 e. The molecule has 0 aromatic heterocycles. The van der Waals surface area contributed by atoms with Gasteiger partial charge in [0.15, 0.2) is 0 Å². The highest BCUT2D eigenvalue weighted by atomic mass is 16.2. The molecule has 1 heterocycles. The Morgan fingerprint density at radius 2 is 1.58 bits per heavy atom. The highest BCUT2D eigenvalue weighted by molar-refractivity contribution is 6.04. The SMILES string of the molecule is CCCC(=O)Nc1ccc2c(c1)N(C(=O)CN(CCC)CCC)c1ccccc1CC2. The molecular weight excluding hydrogens is 386 g/mol. The summed E-state index contributed by atoms with van der Waals surface area (Å²) in [6.45, 7) is 8.50. The van der Waals surface area contributed by atoms with E-state index in [9.17, 15) is 9.59 Å². The summed E-state index contributed by atoms with van der Waals surface area (Å²) in [4.78, 5) is 29.9. The summed E-state index contributed by atoms with van der Waals surface area (Å²) in [5, 5.41) is 2.99. The molecular formula is C26H35N3O2. The summed E-state index contributed by atoms with van der Waals surface area (Å²) in [5.41, 5.74) is 4.90. The summed E-state index contributed by atoms with van der Waals surface area (Å²) in [6.07, 6.45) is 5.10. The number of hydrogen-bond donors (Lipinski definition) is 1. The zero-order chi connectivity index (χ0) is 22.2. The summed E-state index contributed by atoms with van der Waals surface area (Å²) in [5.74, 6) is 0.0842. The number of nitrogens with zero attached hydrogens (tertiary/aromatic N) is 2. The molecule has 0 saturated carbocycles. The van der Waals surface area contributed by atoms with Crippen LogP contribution in [0.15, 0.2) is 42.5 Å². The first-order valence-electron chi connectivity index (χ1n) is 11.6. The molecule has 2 amide bonds. The number of carbonyl (C=O) groups excluding carboxylic acids is 2. The quantitative estimate of drug-likeness (QED) is 0.597. The van der Waals surface area contributed by atoms with Crippen LogP contribution < -0.4 is 10.2 Å². The number of rotatable bonds is 9. The normalized spacial score (nSPS) is 12.8. The lowest BCUT2D eigenvalue weighted by atomic mass is 10.0. The van der Waals surface area contributed by atoms with E-state index < -0.39 is 0 Å². The van der Waals surface area contributed by atoms with Gasteiger partial charge in [-0.05, 0) is 74.5 Å². The van der Waals surface area contributed by atoms with E-state index >= 15 is 0 Å². The molecule has 5 heteroatoms. The van der Waals surface area contributed by atoms with Gasteiger partial charge in [-0.3, -0.25) is 19.4 Å². The molecule has 0 aliphatic carbocycles. The molecule has 0 saturated heterocycles. The standard InChI is InChI=1S/C26H35N3O2/c1-4-9-25(30)27-22-15-14-21-13-12-20-10-7-8-11-23(20)29(24(21)18-22)26(31)19-28(16-5-2)17-6-3/h7-8,10-11,14-15,18H,4-6,9,12-13,16-17,19H2,1-3H3,(H,27,30). The first-order chi connectivity index (χ1) is 15.1. The van der Waals surface area contributed by atoms with Crippen molar-refractivity contribution < 1.29 is 9.59 Å². The second kappa shape index (κ2) is 11.1. The van der Waals surface area contributed by atoms with Crippen LogP contribution in [0, 0.1) is 0 Å². The zero-order valence-corrected chi connectivity index (χ0v) is 19.1. The van der Waals surface area contributed by atoms with E-state index in [1.807, 2.05) is 42.2 Å². The molecule has 3 rings (SSSR count). The number of amides is 2. The average molecular weight is 422 g/mol. The monoisotopic (exact) mass is 421 g/mol. The lowest BCUT2D eigenvalue weighted by Gasteiger charge is -2.29. The lowest BCUT2D eigenvalue weighted by Crippen LogP contribution is -2.39. The smallest absolute Gasteiger partial charge is 0.245 e. The molecule has 1 aliphatic rings. The van der Waals surface area contributed by atoms with Gasteiger partial charge in [-0.25, -0.2) is 0 Å². The fraction of sp³-hybridized carbons (Fsp3) is 0.462. The van der Waals surface area contributed by atoms with Crippen LogP contribution in [0.4, 0.5) is 17.1 Å². The Labute approximate surface area is 186 Å². The van der Waals surface area contributed by atoms with Gasteiger partial charge in [-0.1, -0.05) is 45.0 Å². The van der Waals surface area contributed by atoms with Crippen molar-refractivity contribution in [2.75, 3.05) is 29.9 Å². The molecule has 2 aromatic rings. The van der Waals surface area contributed by atoms with Crippen LogP contribution >= 0.6 is 0 Å². The fourth-order valence-electron chi connectivity index (χ4n) is 4.28. The van der Waals surface area contributed by atoms with Crippen LogP contribution in [0.5, 0.6) is 0 Å². The molecule has 1 aliphatic heterocycles. The molecule has 166 valence electrons. The van der Waals surface area contributed by atoms with Gasteiger partial charge in [0.05, 0.1) is 17.9 Å². The van der Waals surface area contributed by atoms with E-state index in [2.05, 4.69) is 36.2 Å². The molecule has 0 unspecified atom stereocenters. The van der Waals surface area contributed by atoms with Gasteiger partial charge in [0.2, 0.25) is 11.8 Å². The van der Waals surface area contributed by atoms with Crippen LogP contribution in [-0.4, -0.2) is 36.3 Å². The highest BCUT2D eigenvalue weighted by Gasteiger charge is 2.27. The van der Waals surface area contributed by atoms with Crippen LogP contribution in [0.2, 0.25) is 0 Å². The largest absolute Gasteiger partial charge is 0.326 e. The number of carbonyl (C=O) groups is 2. The Balaban J connectivity index is 1.99. The maximum atomic E-state index is 13.7. The Bertz CT molecular complexity index is 903. The summed E-state index contributed by atoms with van der Waals surface area (Å²) < 4.78 is 0. The van der Waals surface area contributed by atoms with Crippen molar-refractivity contribution in [3.63, 3.8) is 0 Å². The predicted molar refractivity (Wildman–Crippen MR) is 128 cm³/mol. The van der Waals surface area contributed by atoms with Crippen LogP contribution in [-0.2, 0) is 22.4 Å². The molecule has 0 atom stereocenters. The number of benzene rings is 2. The third-order valence-corrected chi connectivity index (χ3v) is 5.67. The van der Waals surface area contributed by atoms with Crippen molar-refractivity contribution in [3.8, 4) is 0 Å². The van der Waals surface area contributed by atoms with Gasteiger partial charge < -0.3 is 5.32 Å². The fourth-order valence-corrected chi connectivity index (χ4v) is 4.28. The van der Waals surface area contributed by atoms with Gasteiger partial charge in [-0.2, -0.15) is 0 Å². The molecule has 31 heavy (non-hydrogen) atoms. The molecule has 0 spiro atoms. The van der Waals surface area contributed by atoms with Crippen LogP contribution in [0.3, 0.4) is 0 Å². The lowest BCUT2D eigenvalue weighted by molar-refractivity contribution is -0.119. The van der Waals surface area contributed by atoms with Gasteiger partial charge in [0, 0.05) is 12.1 Å². The molecule has 0 fully saturated rings. The highest BCUT2D eigenvalue weighted by Crippen LogP contribution is 2.37. The van der Waals surface area contributed by atoms with E-state index in [0.29, 0.717) is 13.0 Å². The maximum Gasteiger partial charge on any atom is 0.245 e. The molecule has 1 N–H and O–H groups in total. The van der Waals surface area contributed by atoms with E-state index in [1.54, 1.807) is 0 Å². The Morgan fingerprint density at radius 1 is 0.903 bits per heavy atom. The first kappa shape index (κ1) is 23.0. The Hall–Kier alpha value is -2.66. The van der Waals surface area contributed by atoms with E-state index in [0.717, 1.165) is 67.8 Å². The number of aryl methyl sites for hydroxylation is 2. The number of hydrogen-bond acceptors (Lipinski definition) is 3. The Morgan fingerprint density at radius 3 is 2.26 bits per heavy atom. The summed E-state index contributed by atoms with van der Waals surface area (Å²) in [7, 11) is 0. The molecule has 0 bridgehead atoms. The zero-order valence-electron chi connectivity index (χ0n) is 19.1. The number of fused-ring (bicyclic) bond motifs is 2. The summed E-state index contributed by atoms with van der Waals surface area (Å²) >= 11 is 0. The van der Waals surface area contributed by atoms with Gasteiger partial charge in [0.25, 0.3) is 0 Å². The second-order valence-electron chi connectivity index (χ2n) is 8.28. The summed E-state index contributed by atoms with van der Waals surface area (Å²) in [6, 6.07) is 14.1. The average Bonchev–Trinajstić information content (AvgIpc) is 2.91. The first-order valence-corrected chi connectivity index (χ1v) is 11.6. The van der Waals surface area contributed by atoms with Gasteiger partial charge in [0.1, 0.15) is 0 Å².